The SMILES string of the molecule is COc1cc(C#N)ccc1OC(=O)C1(c2ccccc2)CC1. The number of methoxy groups -OCH3 is 1. The van der Waals surface area contributed by atoms with Gasteiger partial charge in [0, 0.05) is 6.07 Å². The molecule has 0 unspecified atom stereocenters. The van der Waals surface area contributed by atoms with Crippen LogP contribution in [0.4, 0.5) is 0 Å². The van der Waals surface area contributed by atoms with Gasteiger partial charge in [0.25, 0.3) is 0 Å². The molecule has 2 aromatic rings. The molecule has 22 heavy (non-hydrogen) atoms. The Morgan fingerprint density at radius 2 is 1.86 bits per heavy atom. The Balaban J connectivity index is 1.85. The van der Waals surface area contributed by atoms with Crippen molar-refractivity contribution in [3.8, 4) is 17.6 Å². The Morgan fingerprint density at radius 1 is 1.14 bits per heavy atom. The first kappa shape index (κ1) is 14.2. The molecule has 0 heterocycles. The third-order valence-corrected chi connectivity index (χ3v) is 3.96. The van der Waals surface area contributed by atoms with E-state index in [1.54, 1.807) is 18.2 Å². The second-order valence-electron chi connectivity index (χ2n) is 5.32. The van der Waals surface area contributed by atoms with E-state index in [4.69, 9.17) is 14.7 Å². The van der Waals surface area contributed by atoms with Crippen LogP contribution in [0.1, 0.15) is 24.0 Å². The van der Waals surface area contributed by atoms with Crippen molar-refractivity contribution in [2.24, 2.45) is 0 Å². The minimum atomic E-state index is -0.541. The Hall–Kier alpha value is -2.80. The molecule has 0 atom stereocenters. The first-order valence-corrected chi connectivity index (χ1v) is 7.05. The van der Waals surface area contributed by atoms with Crippen LogP contribution in [-0.2, 0) is 10.2 Å². The standard InChI is InChI=1S/C18H15NO3/c1-21-16-11-13(12-19)7-8-15(16)22-17(20)18(9-10-18)14-5-3-2-4-6-14/h2-8,11H,9-10H2,1H3. The van der Waals surface area contributed by atoms with Gasteiger partial charge in [-0.05, 0) is 30.5 Å². The van der Waals surface area contributed by atoms with Crippen molar-refractivity contribution in [1.82, 2.24) is 0 Å². The van der Waals surface area contributed by atoms with Gasteiger partial charge in [-0.2, -0.15) is 5.26 Å². The van der Waals surface area contributed by atoms with E-state index in [-0.39, 0.29) is 5.97 Å². The molecule has 0 N–H and O–H groups in total. The molecule has 0 spiro atoms. The molecule has 0 amide bonds. The fraction of sp³-hybridized carbons (Fsp3) is 0.222. The molecule has 2 aromatic carbocycles. The number of hydrogen-bond donors (Lipinski definition) is 0. The highest BCUT2D eigenvalue weighted by atomic mass is 16.6. The van der Waals surface area contributed by atoms with Gasteiger partial charge in [-0.1, -0.05) is 30.3 Å². The summed E-state index contributed by atoms with van der Waals surface area (Å²) < 4.78 is 10.7. The molecule has 1 aliphatic rings. The number of carbonyl (C=O) groups is 1. The molecule has 4 nitrogen and oxygen atoms in total. The van der Waals surface area contributed by atoms with Crippen molar-refractivity contribution in [3.05, 3.63) is 59.7 Å². The maximum Gasteiger partial charge on any atom is 0.322 e. The average molecular weight is 293 g/mol. The summed E-state index contributed by atoms with van der Waals surface area (Å²) in [5.74, 6) is 0.451. The van der Waals surface area contributed by atoms with Crippen LogP contribution in [-0.4, -0.2) is 13.1 Å². The van der Waals surface area contributed by atoms with E-state index < -0.39 is 5.41 Å². The molecule has 0 bridgehead atoms. The Kier molecular flexibility index (Phi) is 3.56. The van der Waals surface area contributed by atoms with Crippen LogP contribution in [0, 0.1) is 11.3 Å². The van der Waals surface area contributed by atoms with Crippen LogP contribution in [0.25, 0.3) is 0 Å². The van der Waals surface area contributed by atoms with Gasteiger partial charge in [0.15, 0.2) is 11.5 Å². The summed E-state index contributed by atoms with van der Waals surface area (Å²) >= 11 is 0. The largest absolute Gasteiger partial charge is 0.493 e. The lowest BCUT2D eigenvalue weighted by Gasteiger charge is -2.16. The van der Waals surface area contributed by atoms with Gasteiger partial charge >= 0.3 is 5.97 Å². The predicted molar refractivity (Wildman–Crippen MR) is 80.7 cm³/mol. The average Bonchev–Trinajstić information content (AvgIpc) is 3.38. The lowest BCUT2D eigenvalue weighted by Crippen LogP contribution is -2.26. The fourth-order valence-electron chi connectivity index (χ4n) is 2.51. The van der Waals surface area contributed by atoms with Crippen LogP contribution in [0.15, 0.2) is 48.5 Å². The van der Waals surface area contributed by atoms with Gasteiger partial charge in [0.2, 0.25) is 0 Å². The minimum Gasteiger partial charge on any atom is -0.493 e. The first-order chi connectivity index (χ1) is 10.7. The first-order valence-electron chi connectivity index (χ1n) is 7.05. The second-order valence-corrected chi connectivity index (χ2v) is 5.32. The van der Waals surface area contributed by atoms with Gasteiger partial charge in [-0.3, -0.25) is 4.79 Å². The minimum absolute atomic E-state index is 0.276. The van der Waals surface area contributed by atoms with Gasteiger partial charge < -0.3 is 9.47 Å². The zero-order valence-corrected chi connectivity index (χ0v) is 12.2. The molecule has 1 saturated carbocycles. The van der Waals surface area contributed by atoms with Gasteiger partial charge in [-0.25, -0.2) is 0 Å². The zero-order valence-electron chi connectivity index (χ0n) is 12.2. The quantitative estimate of drug-likeness (QED) is 0.641. The van der Waals surface area contributed by atoms with Crippen molar-refractivity contribution < 1.29 is 14.3 Å². The van der Waals surface area contributed by atoms with Crippen molar-refractivity contribution in [1.29, 1.82) is 5.26 Å². The number of nitrogens with zero attached hydrogens (tertiary/aromatic N) is 1. The molecule has 0 aromatic heterocycles. The second kappa shape index (κ2) is 5.53. The summed E-state index contributed by atoms with van der Waals surface area (Å²) in [6, 6.07) is 16.5. The summed E-state index contributed by atoms with van der Waals surface area (Å²) in [4.78, 5) is 12.6. The summed E-state index contributed by atoms with van der Waals surface area (Å²) in [6.07, 6.45) is 1.57. The highest BCUT2D eigenvalue weighted by Crippen LogP contribution is 2.49. The Morgan fingerprint density at radius 3 is 2.45 bits per heavy atom. The molecule has 0 aliphatic heterocycles. The van der Waals surface area contributed by atoms with Crippen molar-refractivity contribution >= 4 is 5.97 Å². The molecular weight excluding hydrogens is 278 g/mol. The maximum absolute atomic E-state index is 12.6. The summed E-state index contributed by atoms with van der Waals surface area (Å²) in [5.41, 5.74) is 0.897. The lowest BCUT2D eigenvalue weighted by molar-refractivity contribution is -0.137. The van der Waals surface area contributed by atoms with Crippen LogP contribution < -0.4 is 9.47 Å². The highest BCUT2D eigenvalue weighted by molar-refractivity contribution is 5.88. The number of nitriles is 1. The number of ether oxygens (including phenoxy) is 2. The third-order valence-electron chi connectivity index (χ3n) is 3.96. The number of benzene rings is 2. The molecule has 110 valence electrons. The predicted octanol–water partition coefficient (Wildman–Crippen LogP) is 3.20. The fourth-order valence-corrected chi connectivity index (χ4v) is 2.51. The number of rotatable bonds is 4. The maximum atomic E-state index is 12.6. The van der Waals surface area contributed by atoms with E-state index in [9.17, 15) is 4.79 Å². The molecule has 0 saturated heterocycles. The molecule has 1 fully saturated rings. The van der Waals surface area contributed by atoms with E-state index in [2.05, 4.69) is 0 Å². The topological polar surface area (TPSA) is 59.3 Å². The Labute approximate surface area is 128 Å². The molecule has 3 rings (SSSR count). The van der Waals surface area contributed by atoms with Gasteiger partial charge in [0.1, 0.15) is 0 Å². The van der Waals surface area contributed by atoms with Crippen LogP contribution in [0.3, 0.4) is 0 Å². The number of hydrogen-bond acceptors (Lipinski definition) is 4. The van der Waals surface area contributed by atoms with Crippen LogP contribution >= 0.6 is 0 Å². The molecule has 1 aliphatic carbocycles. The monoisotopic (exact) mass is 293 g/mol. The lowest BCUT2D eigenvalue weighted by atomic mass is 9.96. The van der Waals surface area contributed by atoms with Crippen molar-refractivity contribution in [2.75, 3.05) is 7.11 Å². The molecular formula is C18H15NO3. The van der Waals surface area contributed by atoms with Crippen molar-refractivity contribution in [3.63, 3.8) is 0 Å². The molecule has 0 radical (unpaired) electrons. The van der Waals surface area contributed by atoms with E-state index in [0.29, 0.717) is 17.1 Å². The van der Waals surface area contributed by atoms with Crippen molar-refractivity contribution in [2.45, 2.75) is 18.3 Å². The zero-order chi connectivity index (χ0) is 15.6. The highest BCUT2D eigenvalue weighted by Gasteiger charge is 2.53. The third kappa shape index (κ3) is 2.42. The Bertz CT molecular complexity index is 743. The number of carbonyl (C=O) groups excluding carboxylic acids is 1. The molecule has 4 heteroatoms. The van der Waals surface area contributed by atoms with E-state index in [1.807, 2.05) is 36.4 Å². The smallest absolute Gasteiger partial charge is 0.322 e. The van der Waals surface area contributed by atoms with Crippen LogP contribution in [0.2, 0.25) is 0 Å². The van der Waals surface area contributed by atoms with E-state index >= 15 is 0 Å². The van der Waals surface area contributed by atoms with E-state index in [1.165, 1.54) is 7.11 Å². The van der Waals surface area contributed by atoms with Gasteiger partial charge in [0.05, 0.1) is 24.2 Å². The summed E-state index contributed by atoms with van der Waals surface area (Å²) in [6.45, 7) is 0. The number of esters is 1. The van der Waals surface area contributed by atoms with Crippen LogP contribution in [0.5, 0.6) is 11.5 Å². The van der Waals surface area contributed by atoms with E-state index in [0.717, 1.165) is 18.4 Å². The van der Waals surface area contributed by atoms with Gasteiger partial charge in [-0.15, -0.1) is 0 Å². The normalized spacial score (nSPS) is 14.7. The summed E-state index contributed by atoms with van der Waals surface area (Å²) in [5, 5.41) is 8.90. The summed E-state index contributed by atoms with van der Waals surface area (Å²) in [7, 11) is 1.48.